The number of pyridine rings is 2. The summed E-state index contributed by atoms with van der Waals surface area (Å²) in [5, 5.41) is 18.0. The fraction of sp³-hybridized carbons (Fsp3) is 0.250. The van der Waals surface area contributed by atoms with Gasteiger partial charge in [-0.3, -0.25) is 4.79 Å². The number of carboxylic acid groups (broad SMARTS) is 1. The number of rotatable bonds is 6. The van der Waals surface area contributed by atoms with Gasteiger partial charge < -0.3 is 19.7 Å². The maximum atomic E-state index is 13.5. The molecule has 51 heavy (non-hydrogen) atoms. The van der Waals surface area contributed by atoms with Crippen LogP contribution in [0, 0.1) is 0 Å². The van der Waals surface area contributed by atoms with Gasteiger partial charge in [0.2, 0.25) is 0 Å². The Morgan fingerprint density at radius 2 is 1.18 bits per heavy atom. The molecule has 1 aliphatic rings. The second-order valence-corrected chi connectivity index (χ2v) is 12.0. The Kier molecular flexibility index (Phi) is 9.81. The van der Waals surface area contributed by atoms with Gasteiger partial charge in [0, 0.05) is 30.5 Å². The van der Waals surface area contributed by atoms with Gasteiger partial charge in [-0.1, -0.05) is 24.3 Å². The molecule has 266 valence electrons. The van der Waals surface area contributed by atoms with Crippen LogP contribution in [-0.4, -0.2) is 64.8 Å². The predicted octanol–water partition coefficient (Wildman–Crippen LogP) is 5.82. The number of alkyl halides is 6. The summed E-state index contributed by atoms with van der Waals surface area (Å²) in [5.41, 5.74) is -4.22. The molecule has 12 nitrogen and oxygen atoms in total. The number of aromatic nitrogens is 6. The number of carboxylic acids is 1. The first-order valence-corrected chi connectivity index (χ1v) is 14.9. The van der Waals surface area contributed by atoms with E-state index < -0.39 is 65.1 Å². The molecule has 0 spiro atoms. The topological polar surface area (TPSA) is 146 Å². The Labute approximate surface area is 286 Å². The highest BCUT2D eigenvalue weighted by Crippen LogP contribution is 2.37. The smallest absolute Gasteiger partial charge is 0.478 e. The molecule has 1 aliphatic heterocycles. The van der Waals surface area contributed by atoms with E-state index in [1.165, 1.54) is 24.5 Å². The average Bonchev–Trinajstić information content (AvgIpc) is 3.77. The van der Waals surface area contributed by atoms with Crippen LogP contribution < -0.4 is 10.8 Å². The van der Waals surface area contributed by atoms with Crippen LogP contribution in [0.2, 0.25) is 0 Å². The molecule has 4 aromatic heterocycles. The Bertz CT molecular complexity index is 2000. The number of hydrogen-bond acceptors (Lipinski definition) is 8. The third kappa shape index (κ3) is 8.10. The molecular weight excluding hydrogens is 687 g/mol. The SMILES string of the molecule is CC1(C)OB(c2ccc(NC(=O)c3cn(-c4ccccn4)nc3C(F)(F)F)cc2)OC1(C)C.O=C(O)c1cn(-c2ccccn2)nc1C(F)(F)F. The van der Waals surface area contributed by atoms with Gasteiger partial charge in [-0.25, -0.2) is 24.1 Å². The first-order valence-electron chi connectivity index (χ1n) is 14.9. The molecule has 5 heterocycles. The predicted molar refractivity (Wildman–Crippen MR) is 170 cm³/mol. The second-order valence-electron chi connectivity index (χ2n) is 12.0. The van der Waals surface area contributed by atoms with Gasteiger partial charge in [-0.2, -0.15) is 36.5 Å². The highest BCUT2D eigenvalue weighted by atomic mass is 19.4. The quantitative estimate of drug-likeness (QED) is 0.164. The summed E-state index contributed by atoms with van der Waals surface area (Å²) >= 11 is 0. The van der Waals surface area contributed by atoms with E-state index in [0.717, 1.165) is 27.2 Å². The molecule has 1 amide bonds. The van der Waals surface area contributed by atoms with Crippen molar-refractivity contribution in [1.82, 2.24) is 29.5 Å². The van der Waals surface area contributed by atoms with Crippen molar-refractivity contribution in [2.75, 3.05) is 5.32 Å². The minimum Gasteiger partial charge on any atom is -0.478 e. The van der Waals surface area contributed by atoms with Crippen molar-refractivity contribution in [2.45, 2.75) is 51.2 Å². The Morgan fingerprint density at radius 3 is 1.57 bits per heavy atom. The van der Waals surface area contributed by atoms with Gasteiger partial charge in [0.25, 0.3) is 5.91 Å². The summed E-state index contributed by atoms with van der Waals surface area (Å²) in [6.07, 6.45) is -5.05. The van der Waals surface area contributed by atoms with Crippen LogP contribution in [0.3, 0.4) is 0 Å². The van der Waals surface area contributed by atoms with E-state index >= 15 is 0 Å². The van der Waals surface area contributed by atoms with E-state index in [2.05, 4.69) is 25.5 Å². The van der Waals surface area contributed by atoms with Crippen LogP contribution >= 0.6 is 0 Å². The molecule has 0 unspecified atom stereocenters. The van der Waals surface area contributed by atoms with E-state index in [9.17, 15) is 35.9 Å². The fourth-order valence-corrected chi connectivity index (χ4v) is 4.60. The summed E-state index contributed by atoms with van der Waals surface area (Å²) in [6.45, 7) is 7.74. The van der Waals surface area contributed by atoms with Gasteiger partial charge in [-0.05, 0) is 69.6 Å². The maximum Gasteiger partial charge on any atom is 0.494 e. The molecule has 0 aliphatic carbocycles. The lowest BCUT2D eigenvalue weighted by Gasteiger charge is -2.32. The molecule has 1 aromatic carbocycles. The first-order chi connectivity index (χ1) is 23.8. The zero-order valence-corrected chi connectivity index (χ0v) is 27.2. The first kappa shape index (κ1) is 36.7. The summed E-state index contributed by atoms with van der Waals surface area (Å²) in [5.74, 6) is -2.36. The van der Waals surface area contributed by atoms with Crippen molar-refractivity contribution >= 4 is 30.1 Å². The van der Waals surface area contributed by atoms with Crippen LogP contribution in [0.4, 0.5) is 32.0 Å². The number of benzene rings is 1. The van der Waals surface area contributed by atoms with Gasteiger partial charge >= 0.3 is 25.4 Å². The zero-order chi connectivity index (χ0) is 37.4. The monoisotopic (exact) mass is 715 g/mol. The number of amides is 1. The summed E-state index contributed by atoms with van der Waals surface area (Å²) in [6, 6.07) is 15.8. The lowest BCUT2D eigenvalue weighted by atomic mass is 9.79. The molecular formula is C32H28BF6N7O5. The van der Waals surface area contributed by atoms with Crippen molar-refractivity contribution in [1.29, 1.82) is 0 Å². The minimum absolute atomic E-state index is 0.107. The van der Waals surface area contributed by atoms with Crippen molar-refractivity contribution in [3.05, 3.63) is 108 Å². The molecule has 2 N–H and O–H groups in total. The minimum atomic E-state index is -4.83. The van der Waals surface area contributed by atoms with E-state index in [-0.39, 0.29) is 11.6 Å². The molecule has 5 aromatic rings. The lowest BCUT2D eigenvalue weighted by molar-refractivity contribution is -0.142. The molecule has 1 saturated heterocycles. The molecule has 1 fully saturated rings. The highest BCUT2D eigenvalue weighted by molar-refractivity contribution is 6.62. The molecule has 0 atom stereocenters. The Morgan fingerprint density at radius 1 is 0.725 bits per heavy atom. The highest BCUT2D eigenvalue weighted by Gasteiger charge is 2.51. The number of carbonyl (C=O) groups is 2. The number of nitrogens with one attached hydrogen (secondary N) is 1. The average molecular weight is 715 g/mol. The number of hydrogen-bond donors (Lipinski definition) is 2. The Balaban J connectivity index is 0.000000236. The summed E-state index contributed by atoms with van der Waals surface area (Å²) < 4.78 is 92.0. The second kappa shape index (κ2) is 13.6. The third-order valence-corrected chi connectivity index (χ3v) is 7.90. The van der Waals surface area contributed by atoms with E-state index in [4.69, 9.17) is 14.4 Å². The number of halogens is 6. The van der Waals surface area contributed by atoms with Gasteiger partial charge in [-0.15, -0.1) is 0 Å². The van der Waals surface area contributed by atoms with Crippen LogP contribution in [0.1, 0.15) is 59.8 Å². The van der Waals surface area contributed by atoms with Crippen molar-refractivity contribution in [2.24, 2.45) is 0 Å². The van der Waals surface area contributed by atoms with Crippen molar-refractivity contribution < 1.29 is 50.3 Å². The molecule has 0 bridgehead atoms. The number of anilines is 1. The zero-order valence-electron chi connectivity index (χ0n) is 27.2. The van der Waals surface area contributed by atoms with Crippen LogP contribution in [0.15, 0.2) is 85.5 Å². The maximum absolute atomic E-state index is 13.5. The third-order valence-electron chi connectivity index (χ3n) is 7.90. The molecule has 6 rings (SSSR count). The van der Waals surface area contributed by atoms with Crippen LogP contribution in [0.5, 0.6) is 0 Å². The summed E-state index contributed by atoms with van der Waals surface area (Å²) in [7, 11) is -0.590. The van der Waals surface area contributed by atoms with Crippen LogP contribution in [0.25, 0.3) is 11.6 Å². The summed E-state index contributed by atoms with van der Waals surface area (Å²) in [4.78, 5) is 31.2. The number of nitrogens with zero attached hydrogens (tertiary/aromatic N) is 6. The fourth-order valence-electron chi connectivity index (χ4n) is 4.60. The van der Waals surface area contributed by atoms with Crippen molar-refractivity contribution in [3.63, 3.8) is 0 Å². The van der Waals surface area contributed by atoms with Crippen LogP contribution in [-0.2, 0) is 21.7 Å². The molecule has 0 radical (unpaired) electrons. The van der Waals surface area contributed by atoms with Gasteiger partial charge in [0.05, 0.1) is 16.8 Å². The van der Waals surface area contributed by atoms with E-state index in [1.807, 2.05) is 27.7 Å². The largest absolute Gasteiger partial charge is 0.494 e. The lowest BCUT2D eigenvalue weighted by Crippen LogP contribution is -2.41. The standard InChI is InChI=1S/C22H22BF3N4O3.C10H6F3N3O2/c1-20(2)21(3,4)33-23(32-20)14-8-10-15(11-9-14)28-19(31)16-13-30(17-7-5-6-12-27-17)29-18(16)22(24,25)26;11-10(12,13)8-6(9(17)18)5-16(15-8)7-3-1-2-4-14-7/h5-13H,1-4H3,(H,28,31);1-5H,(H,17,18). The van der Waals surface area contributed by atoms with Gasteiger partial charge in [0.1, 0.15) is 5.56 Å². The Hall–Kier alpha value is -5.56. The number of aromatic carboxylic acids is 1. The van der Waals surface area contributed by atoms with E-state index in [0.29, 0.717) is 5.69 Å². The van der Waals surface area contributed by atoms with Gasteiger partial charge in [0.15, 0.2) is 23.0 Å². The van der Waals surface area contributed by atoms with Crippen molar-refractivity contribution in [3.8, 4) is 11.6 Å². The normalized spacial score (nSPS) is 15.2. The number of carbonyl (C=O) groups excluding carboxylic acids is 1. The molecule has 0 saturated carbocycles. The van der Waals surface area contributed by atoms with E-state index in [1.54, 1.807) is 48.5 Å². The molecule has 19 heteroatoms.